The van der Waals surface area contributed by atoms with E-state index in [1.165, 1.54) is 18.9 Å². The first-order chi connectivity index (χ1) is 25.7. The minimum atomic E-state index is -1.13. The highest BCUT2D eigenvalue weighted by Crippen LogP contribution is 2.44. The Morgan fingerprint density at radius 1 is 1.15 bits per heavy atom. The minimum Gasteiger partial charge on any atom is -0.490 e. The van der Waals surface area contributed by atoms with Gasteiger partial charge in [-0.05, 0) is 68.9 Å². The van der Waals surface area contributed by atoms with Crippen molar-refractivity contribution in [1.29, 1.82) is 0 Å². The number of thiophene rings is 1. The second-order valence-corrected chi connectivity index (χ2v) is 13.7. The molecule has 4 aromatic rings. The molecule has 2 aliphatic rings. The summed E-state index contributed by atoms with van der Waals surface area (Å²) in [4.78, 5) is 30.8. The molecule has 0 amide bonds. The summed E-state index contributed by atoms with van der Waals surface area (Å²) in [6.07, 6.45) is 4.03. The predicted molar refractivity (Wildman–Crippen MR) is 210 cm³/mol. The van der Waals surface area contributed by atoms with E-state index in [2.05, 4.69) is 84.5 Å². The lowest BCUT2D eigenvalue weighted by Gasteiger charge is -2.32. The monoisotopic (exact) mass is 745 g/mol. The number of fused-ring (bicyclic) bond motifs is 1. The number of aliphatic hydroxyl groups is 1. The zero-order valence-electron chi connectivity index (χ0n) is 29.7. The first-order valence-electron chi connectivity index (χ1n) is 17.2. The van der Waals surface area contributed by atoms with Gasteiger partial charge in [-0.2, -0.15) is 0 Å². The fourth-order valence-corrected chi connectivity index (χ4v) is 7.11. The summed E-state index contributed by atoms with van der Waals surface area (Å²) >= 11 is 1.56. The van der Waals surface area contributed by atoms with E-state index >= 15 is 0 Å². The van der Waals surface area contributed by atoms with Crippen LogP contribution in [0.2, 0.25) is 0 Å². The molecule has 0 aliphatic carbocycles. The standard InChI is InChI=1S/C28H34N6O2S.C10H11F2N3O/c1-32-12-6-7-20(18-32)30-17-23-16-25(28(37-23)31-27(29)19-35)33(2)22-10-11-26-24(15-22)34(13-14-36-26)21-8-4-3-5-9-21;11-7-1-2-8(9(12)3-7)10(16)4-14-6-15-5-13/h3-5,8-11,15-16,19-20,30H,6-7,12-14,17-18H2,1-2H3,(H2,29,31);1-3,5-6,10,16H,4H2,(H2,13,14,15)/t20-;10-/m01/s1. The topological polar surface area (TPSA) is 157 Å². The van der Waals surface area contributed by atoms with Crippen LogP contribution >= 0.6 is 11.3 Å². The molecule has 280 valence electrons. The van der Waals surface area contributed by atoms with Crippen molar-refractivity contribution in [1.82, 2.24) is 10.2 Å². The number of ether oxygens (including phenoxy) is 1. The number of nitrogens with one attached hydrogen (secondary N) is 1. The highest BCUT2D eigenvalue weighted by atomic mass is 32.1. The Kier molecular flexibility index (Phi) is 14.0. The molecule has 1 aromatic heterocycles. The van der Waals surface area contributed by atoms with Crippen molar-refractivity contribution in [3.8, 4) is 5.75 Å². The van der Waals surface area contributed by atoms with E-state index in [1.807, 2.05) is 19.2 Å². The summed E-state index contributed by atoms with van der Waals surface area (Å²) in [5.74, 6) is -0.655. The van der Waals surface area contributed by atoms with Gasteiger partial charge in [-0.3, -0.25) is 9.79 Å². The molecule has 0 unspecified atom stereocenters. The van der Waals surface area contributed by atoms with E-state index < -0.39 is 17.7 Å². The average Bonchev–Trinajstić information content (AvgIpc) is 3.57. The van der Waals surface area contributed by atoms with E-state index in [1.54, 1.807) is 11.3 Å². The maximum absolute atomic E-state index is 13.2. The number of aliphatic hydroxyl groups excluding tert-OH is 1. The number of amidine groups is 1. The third-order valence-electron chi connectivity index (χ3n) is 8.74. The highest BCUT2D eigenvalue weighted by Gasteiger charge is 2.23. The molecular weight excluding hydrogens is 701 g/mol. The van der Waals surface area contributed by atoms with Crippen molar-refractivity contribution in [2.24, 2.45) is 26.4 Å². The molecule has 6 rings (SSSR count). The number of rotatable bonds is 12. The quantitative estimate of drug-likeness (QED) is 0.0844. The van der Waals surface area contributed by atoms with Crippen LogP contribution in [-0.2, 0) is 11.3 Å². The predicted octanol–water partition coefficient (Wildman–Crippen LogP) is 5.43. The number of aliphatic imine (C=N–C) groups is 3. The number of piperidine rings is 1. The molecular formula is C38H45F2N9O3S. The van der Waals surface area contributed by atoms with Gasteiger partial charge in [0, 0.05) is 54.1 Å². The van der Waals surface area contributed by atoms with E-state index in [-0.39, 0.29) is 17.9 Å². The number of aldehydes is 1. The molecule has 2 atom stereocenters. The SMILES string of the molecule is CN1CCC[C@H](NCc2cc(N(C)c3ccc4c(c3)N(c3ccccc3)CCO4)c(/N=C(/N)C=O)s2)C1.NC=NC=NC[C@@H](O)c1ccc(F)cc1F. The average molecular weight is 746 g/mol. The third kappa shape index (κ3) is 10.7. The number of hydrogen-bond donors (Lipinski definition) is 4. The fourth-order valence-electron chi connectivity index (χ4n) is 6.08. The van der Waals surface area contributed by atoms with Crippen LogP contribution in [0.15, 0.2) is 87.8 Å². The number of nitrogens with two attached hydrogens (primary N) is 2. The smallest absolute Gasteiger partial charge is 0.184 e. The van der Waals surface area contributed by atoms with Gasteiger partial charge < -0.3 is 41.3 Å². The first kappa shape index (κ1) is 39.0. The van der Waals surface area contributed by atoms with Gasteiger partial charge in [0.15, 0.2) is 12.1 Å². The number of benzene rings is 3. The molecule has 0 saturated carbocycles. The molecule has 1 saturated heterocycles. The van der Waals surface area contributed by atoms with E-state index in [0.29, 0.717) is 25.0 Å². The molecule has 0 radical (unpaired) electrons. The lowest BCUT2D eigenvalue weighted by atomic mass is 10.1. The number of hydrogen-bond acceptors (Lipinski definition) is 10. The van der Waals surface area contributed by atoms with Crippen LogP contribution in [0.4, 0.5) is 36.5 Å². The van der Waals surface area contributed by atoms with Gasteiger partial charge in [-0.25, -0.2) is 18.8 Å². The van der Waals surface area contributed by atoms with Crippen molar-refractivity contribution in [3.63, 3.8) is 0 Å². The van der Waals surface area contributed by atoms with Crippen molar-refractivity contribution >= 4 is 63.9 Å². The largest absolute Gasteiger partial charge is 0.490 e. The van der Waals surface area contributed by atoms with Crippen LogP contribution in [0.1, 0.15) is 29.4 Å². The third-order valence-corrected chi connectivity index (χ3v) is 9.76. The molecule has 6 N–H and O–H groups in total. The minimum absolute atomic E-state index is 0.00437. The molecule has 0 spiro atoms. The van der Waals surface area contributed by atoms with Gasteiger partial charge in [-0.15, -0.1) is 11.3 Å². The summed E-state index contributed by atoms with van der Waals surface area (Å²) in [5, 5.41) is 14.0. The fraction of sp³-hybridized carbons (Fsp3) is 0.316. The molecule has 3 heterocycles. The number of anilines is 4. The van der Waals surface area contributed by atoms with Gasteiger partial charge in [0.2, 0.25) is 0 Å². The van der Waals surface area contributed by atoms with Crippen molar-refractivity contribution in [2.45, 2.75) is 31.5 Å². The normalized spacial score (nSPS) is 16.9. The Balaban J connectivity index is 0.000000285. The number of halogens is 2. The van der Waals surface area contributed by atoms with Crippen molar-refractivity contribution < 1.29 is 23.4 Å². The second-order valence-electron chi connectivity index (χ2n) is 12.5. The Morgan fingerprint density at radius 2 is 1.96 bits per heavy atom. The second kappa shape index (κ2) is 19.0. The molecule has 3 aromatic carbocycles. The van der Waals surface area contributed by atoms with Crippen LogP contribution < -0.4 is 31.3 Å². The highest BCUT2D eigenvalue weighted by molar-refractivity contribution is 7.16. The van der Waals surface area contributed by atoms with Crippen LogP contribution in [0.25, 0.3) is 0 Å². The van der Waals surface area contributed by atoms with Crippen LogP contribution in [0.5, 0.6) is 5.75 Å². The van der Waals surface area contributed by atoms with Crippen molar-refractivity contribution in [3.05, 3.63) is 94.9 Å². The lowest BCUT2D eigenvalue weighted by Crippen LogP contribution is -2.43. The van der Waals surface area contributed by atoms with Gasteiger partial charge in [0.25, 0.3) is 0 Å². The molecule has 12 nitrogen and oxygen atoms in total. The molecule has 0 bridgehead atoms. The Morgan fingerprint density at radius 3 is 2.70 bits per heavy atom. The number of carbonyl (C=O) groups is 1. The number of likely N-dealkylation sites (N-methyl/N-ethyl adjacent to an activating group) is 1. The van der Waals surface area contributed by atoms with Gasteiger partial charge >= 0.3 is 0 Å². The molecule has 2 aliphatic heterocycles. The molecule has 1 fully saturated rings. The summed E-state index contributed by atoms with van der Waals surface area (Å²) < 4.78 is 31.7. The Hall–Kier alpha value is -5.22. The van der Waals surface area contributed by atoms with Crippen LogP contribution in [-0.4, -0.2) is 87.7 Å². The summed E-state index contributed by atoms with van der Waals surface area (Å²) in [5.41, 5.74) is 14.8. The van der Waals surface area contributed by atoms with Crippen LogP contribution in [0, 0.1) is 11.6 Å². The first-order valence-corrected chi connectivity index (χ1v) is 18.0. The summed E-state index contributed by atoms with van der Waals surface area (Å²) in [7, 11) is 4.19. The van der Waals surface area contributed by atoms with E-state index in [9.17, 15) is 18.7 Å². The van der Waals surface area contributed by atoms with Crippen molar-refractivity contribution in [2.75, 3.05) is 56.7 Å². The molecule has 15 heteroatoms. The lowest BCUT2D eigenvalue weighted by molar-refractivity contribution is -0.102. The number of likely N-dealkylation sites (tertiary alicyclic amines) is 1. The number of nitrogens with zero attached hydrogens (tertiary/aromatic N) is 6. The van der Waals surface area contributed by atoms with E-state index in [4.69, 9.17) is 16.2 Å². The number of carbonyl (C=O) groups excluding carboxylic acids is 1. The maximum Gasteiger partial charge on any atom is 0.184 e. The van der Waals surface area contributed by atoms with Gasteiger partial charge in [0.1, 0.15) is 41.4 Å². The molecule has 53 heavy (non-hydrogen) atoms. The zero-order chi connectivity index (χ0) is 37.7. The van der Waals surface area contributed by atoms with E-state index in [0.717, 1.165) is 83.3 Å². The number of para-hydroxylation sites is 1. The van der Waals surface area contributed by atoms with Gasteiger partial charge in [0.05, 0.1) is 30.8 Å². The summed E-state index contributed by atoms with van der Waals surface area (Å²) in [6, 6.07) is 22.1. The Bertz CT molecular complexity index is 1910. The van der Waals surface area contributed by atoms with Gasteiger partial charge in [-0.1, -0.05) is 24.3 Å². The zero-order valence-corrected chi connectivity index (χ0v) is 30.6. The summed E-state index contributed by atoms with van der Waals surface area (Å²) in [6.45, 7) is 4.30. The maximum atomic E-state index is 13.2. The Labute approximate surface area is 312 Å². The van der Waals surface area contributed by atoms with Crippen LogP contribution in [0.3, 0.4) is 0 Å².